The molecule has 4 rings (SSSR count). The second kappa shape index (κ2) is 11.6. The third-order valence-electron chi connectivity index (χ3n) is 5.89. The molecule has 0 bridgehead atoms. The number of hydrogen-bond donors (Lipinski definition) is 0. The molecule has 4 nitrogen and oxygen atoms in total. The van der Waals surface area contributed by atoms with Crippen LogP contribution in [0.2, 0.25) is 0 Å². The maximum Gasteiger partial charge on any atom is 0.422 e. The van der Waals surface area contributed by atoms with Crippen molar-refractivity contribution >= 4 is 22.8 Å². The predicted octanol–water partition coefficient (Wildman–Crippen LogP) is 6.99. The Kier molecular flexibility index (Phi) is 8.36. The predicted molar refractivity (Wildman–Crippen MR) is 130 cm³/mol. The number of ether oxygens (including phenoxy) is 2. The molecule has 188 valence electrons. The molecule has 36 heavy (non-hydrogen) atoms. The van der Waals surface area contributed by atoms with Crippen LogP contribution in [0.25, 0.3) is 0 Å². The molecule has 0 saturated heterocycles. The van der Waals surface area contributed by atoms with Gasteiger partial charge in [0.05, 0.1) is 5.92 Å². The summed E-state index contributed by atoms with van der Waals surface area (Å²) in [5.74, 6) is -0.896. The molecule has 1 fully saturated rings. The van der Waals surface area contributed by atoms with Crippen molar-refractivity contribution in [3.63, 3.8) is 0 Å². The first-order valence-electron chi connectivity index (χ1n) is 11.8. The minimum atomic E-state index is -4.61. The van der Waals surface area contributed by atoms with Crippen molar-refractivity contribution in [2.45, 2.75) is 53.0 Å². The van der Waals surface area contributed by atoms with Gasteiger partial charge >= 0.3 is 18.1 Å². The minimum Gasteiger partial charge on any atom is -0.452 e. The summed E-state index contributed by atoms with van der Waals surface area (Å²) in [5.41, 5.74) is 0.0711. The molecular weight excluding hydrogens is 489 g/mol. The summed E-state index contributed by atoms with van der Waals surface area (Å²) in [7, 11) is -0.819. The van der Waals surface area contributed by atoms with E-state index in [1.807, 2.05) is 42.5 Å². The van der Waals surface area contributed by atoms with Gasteiger partial charge in [-0.15, -0.1) is 0 Å². The Bertz CT molecular complexity index is 1170. The van der Waals surface area contributed by atoms with Crippen LogP contribution in [0.3, 0.4) is 0 Å². The van der Waals surface area contributed by atoms with E-state index < -0.39 is 29.6 Å². The lowest BCUT2D eigenvalue weighted by molar-refractivity contribution is -0.161. The molecule has 0 N–H and O–H groups in total. The van der Waals surface area contributed by atoms with Gasteiger partial charge < -0.3 is 9.47 Å². The van der Waals surface area contributed by atoms with Crippen LogP contribution in [-0.4, -0.2) is 24.7 Å². The quantitative estimate of drug-likeness (QED) is 0.193. The van der Waals surface area contributed by atoms with Gasteiger partial charge in [-0.2, -0.15) is 13.2 Å². The first-order chi connectivity index (χ1) is 17.3. The molecule has 1 atom stereocenters. The molecule has 1 aliphatic rings. The summed E-state index contributed by atoms with van der Waals surface area (Å²) in [6, 6.07) is 23.0. The third kappa shape index (κ3) is 6.69. The molecule has 0 spiro atoms. The highest BCUT2D eigenvalue weighted by Gasteiger charge is 2.35. The van der Waals surface area contributed by atoms with Crippen molar-refractivity contribution in [2.75, 3.05) is 6.61 Å². The van der Waals surface area contributed by atoms with E-state index in [1.54, 1.807) is 30.3 Å². The summed E-state index contributed by atoms with van der Waals surface area (Å²) in [6.07, 6.45) is 0.278. The summed E-state index contributed by atoms with van der Waals surface area (Å²) >= 11 is 0. The average Bonchev–Trinajstić information content (AvgIpc) is 2.89. The van der Waals surface area contributed by atoms with E-state index in [4.69, 9.17) is 4.74 Å². The van der Waals surface area contributed by atoms with E-state index in [2.05, 4.69) is 4.74 Å². The Labute approximate surface area is 210 Å². The first kappa shape index (κ1) is 25.8. The Morgan fingerprint density at radius 2 is 1.42 bits per heavy atom. The number of halogens is 3. The highest BCUT2D eigenvalue weighted by molar-refractivity contribution is 7.97. The van der Waals surface area contributed by atoms with Gasteiger partial charge in [0.2, 0.25) is 0 Å². The molecule has 0 radical (unpaired) electrons. The van der Waals surface area contributed by atoms with Gasteiger partial charge in [-0.25, -0.2) is 4.79 Å². The lowest BCUT2D eigenvalue weighted by atomic mass is 9.89. The van der Waals surface area contributed by atoms with E-state index in [0.717, 1.165) is 41.9 Å². The fraction of sp³-hybridized carbons (Fsp3) is 0.286. The van der Waals surface area contributed by atoms with E-state index in [1.165, 1.54) is 6.07 Å². The van der Waals surface area contributed by atoms with Crippen molar-refractivity contribution in [1.29, 1.82) is 0 Å². The van der Waals surface area contributed by atoms with E-state index in [9.17, 15) is 22.8 Å². The van der Waals surface area contributed by atoms with E-state index in [-0.39, 0.29) is 17.5 Å². The number of alkyl halides is 3. The summed E-state index contributed by atoms with van der Waals surface area (Å²) < 4.78 is 48.1. The van der Waals surface area contributed by atoms with Crippen molar-refractivity contribution in [3.8, 4) is 5.75 Å². The Balaban J connectivity index is 1.63. The SMILES string of the molecule is O=C(OCC(F)(F)F)c1ccccc1[S+](c1ccccc1)c1ccc(OC(=O)C2CCCCC2)cc1. The smallest absolute Gasteiger partial charge is 0.422 e. The number of carbonyl (C=O) groups is 2. The van der Waals surface area contributed by atoms with Gasteiger partial charge in [0.1, 0.15) is 22.2 Å². The average molecular weight is 516 g/mol. The monoisotopic (exact) mass is 515 g/mol. The maximum absolute atomic E-state index is 12.7. The molecule has 3 aromatic carbocycles. The van der Waals surface area contributed by atoms with Crippen LogP contribution in [0.15, 0.2) is 93.5 Å². The van der Waals surface area contributed by atoms with Gasteiger partial charge in [-0.3, -0.25) is 4.79 Å². The van der Waals surface area contributed by atoms with Crippen LogP contribution in [0.4, 0.5) is 13.2 Å². The van der Waals surface area contributed by atoms with Gasteiger partial charge in [0.15, 0.2) is 21.3 Å². The molecule has 0 aromatic heterocycles. The normalized spacial score (nSPS) is 15.2. The van der Waals surface area contributed by atoms with Crippen LogP contribution < -0.4 is 4.74 Å². The van der Waals surface area contributed by atoms with Crippen LogP contribution in [-0.2, 0) is 20.4 Å². The molecular formula is C28H26F3O4S+. The highest BCUT2D eigenvalue weighted by atomic mass is 32.2. The molecule has 1 unspecified atom stereocenters. The lowest BCUT2D eigenvalue weighted by Gasteiger charge is -2.19. The van der Waals surface area contributed by atoms with Gasteiger partial charge in [-0.05, 0) is 61.4 Å². The van der Waals surface area contributed by atoms with Gasteiger partial charge in [0, 0.05) is 0 Å². The lowest BCUT2D eigenvalue weighted by Crippen LogP contribution is -2.22. The standard InChI is InChI=1S/C28H26F3O4S/c29-28(30,31)19-34-27(33)24-13-7-8-14-25(24)36(22-11-5-2-6-12-22)23-17-15-21(16-18-23)35-26(32)20-9-3-1-4-10-20/h2,5-8,11-18,20H,1,3-4,9-10,19H2/q+1. The number of carbonyl (C=O) groups excluding carboxylic acids is 2. The van der Waals surface area contributed by atoms with E-state index >= 15 is 0 Å². The van der Waals surface area contributed by atoms with Crippen molar-refractivity contribution in [2.24, 2.45) is 5.92 Å². The Hall–Kier alpha value is -3.26. The topological polar surface area (TPSA) is 52.6 Å². The number of rotatable bonds is 7. The zero-order valence-electron chi connectivity index (χ0n) is 19.5. The first-order valence-corrected chi connectivity index (χ1v) is 13.0. The molecule has 3 aromatic rings. The second-order valence-electron chi connectivity index (χ2n) is 8.53. The van der Waals surface area contributed by atoms with Crippen LogP contribution >= 0.6 is 0 Å². The maximum atomic E-state index is 12.7. The van der Waals surface area contributed by atoms with Gasteiger partial charge in [0.25, 0.3) is 0 Å². The highest BCUT2D eigenvalue weighted by Crippen LogP contribution is 2.35. The summed E-state index contributed by atoms with van der Waals surface area (Å²) in [6.45, 7) is -1.65. The second-order valence-corrected chi connectivity index (χ2v) is 10.5. The van der Waals surface area contributed by atoms with Crippen LogP contribution in [0.5, 0.6) is 5.75 Å². The van der Waals surface area contributed by atoms with Crippen molar-refractivity contribution in [3.05, 3.63) is 84.4 Å². The fourth-order valence-corrected chi connectivity index (χ4v) is 6.37. The van der Waals surface area contributed by atoms with Gasteiger partial charge in [-0.1, -0.05) is 49.6 Å². The number of esters is 2. The Morgan fingerprint density at radius 3 is 2.08 bits per heavy atom. The molecule has 0 amide bonds. The number of benzene rings is 3. The molecule has 8 heteroatoms. The summed E-state index contributed by atoms with van der Waals surface area (Å²) in [5, 5.41) is 0. The minimum absolute atomic E-state index is 0.0711. The largest absolute Gasteiger partial charge is 0.452 e. The molecule has 0 aliphatic heterocycles. The fourth-order valence-electron chi connectivity index (χ4n) is 4.17. The molecule has 1 saturated carbocycles. The zero-order chi connectivity index (χ0) is 25.5. The van der Waals surface area contributed by atoms with Crippen LogP contribution in [0, 0.1) is 5.92 Å². The third-order valence-corrected chi connectivity index (χ3v) is 8.17. The van der Waals surface area contributed by atoms with Crippen molar-refractivity contribution < 1.29 is 32.2 Å². The number of hydrogen-bond acceptors (Lipinski definition) is 4. The zero-order valence-corrected chi connectivity index (χ0v) is 20.3. The van der Waals surface area contributed by atoms with E-state index in [0.29, 0.717) is 10.6 Å². The van der Waals surface area contributed by atoms with Crippen LogP contribution in [0.1, 0.15) is 42.5 Å². The van der Waals surface area contributed by atoms with Crippen molar-refractivity contribution in [1.82, 2.24) is 0 Å². The summed E-state index contributed by atoms with van der Waals surface area (Å²) in [4.78, 5) is 27.4. The molecule has 0 heterocycles. The molecule has 1 aliphatic carbocycles. The Morgan fingerprint density at radius 1 is 0.806 bits per heavy atom.